The van der Waals surface area contributed by atoms with Crippen molar-refractivity contribution in [2.75, 3.05) is 5.75 Å². The number of hydrogen-bond donors (Lipinski definition) is 1. The Bertz CT molecular complexity index is 1020. The van der Waals surface area contributed by atoms with Crippen LogP contribution in [0.25, 0.3) is 15.9 Å². The fourth-order valence-corrected chi connectivity index (χ4v) is 5.23. The van der Waals surface area contributed by atoms with Gasteiger partial charge >= 0.3 is 0 Å². The standard InChI is InChI=1S/C21H23N3O2S2/c1-14-7-9-15(10-8-14)22-18(25)13-28-21-23-19-17(11-12-27-19)20(26)24(21)16-5-3-2-4-6-16/h2-6,11-12,14-15H,7-10,13H2,1H3,(H,22,25). The monoisotopic (exact) mass is 413 g/mol. The molecule has 1 aliphatic carbocycles. The molecule has 7 heteroatoms. The Balaban J connectivity index is 1.54. The lowest BCUT2D eigenvalue weighted by atomic mass is 9.87. The van der Waals surface area contributed by atoms with Gasteiger partial charge in [-0.3, -0.25) is 14.2 Å². The smallest absolute Gasteiger partial charge is 0.267 e. The van der Waals surface area contributed by atoms with Crippen LogP contribution < -0.4 is 10.9 Å². The molecule has 2 heterocycles. The van der Waals surface area contributed by atoms with E-state index in [1.807, 2.05) is 35.7 Å². The van der Waals surface area contributed by atoms with Crippen molar-refractivity contribution >= 4 is 39.2 Å². The Morgan fingerprint density at radius 2 is 1.96 bits per heavy atom. The molecule has 1 aromatic carbocycles. The largest absolute Gasteiger partial charge is 0.353 e. The summed E-state index contributed by atoms with van der Waals surface area (Å²) in [6.07, 6.45) is 4.43. The van der Waals surface area contributed by atoms with Crippen molar-refractivity contribution in [2.24, 2.45) is 5.92 Å². The Morgan fingerprint density at radius 3 is 2.71 bits per heavy atom. The molecule has 5 nitrogen and oxygen atoms in total. The minimum Gasteiger partial charge on any atom is -0.353 e. The quantitative estimate of drug-likeness (QED) is 0.502. The minimum absolute atomic E-state index is 0.00434. The van der Waals surface area contributed by atoms with Gasteiger partial charge in [0.05, 0.1) is 16.8 Å². The molecule has 0 spiro atoms. The zero-order valence-corrected chi connectivity index (χ0v) is 17.4. The summed E-state index contributed by atoms with van der Waals surface area (Å²) in [7, 11) is 0. The third-order valence-corrected chi connectivity index (χ3v) is 6.94. The number of carbonyl (C=O) groups is 1. The summed E-state index contributed by atoms with van der Waals surface area (Å²) in [5.74, 6) is 1.01. The van der Waals surface area contributed by atoms with Crippen molar-refractivity contribution in [3.8, 4) is 5.69 Å². The van der Waals surface area contributed by atoms with Crippen molar-refractivity contribution in [1.29, 1.82) is 0 Å². The Labute approximate surface area is 172 Å². The molecule has 4 rings (SSSR count). The van der Waals surface area contributed by atoms with Crippen molar-refractivity contribution in [2.45, 2.75) is 43.8 Å². The van der Waals surface area contributed by atoms with Crippen LogP contribution in [0.5, 0.6) is 0 Å². The summed E-state index contributed by atoms with van der Waals surface area (Å²) in [6.45, 7) is 2.27. The SMILES string of the molecule is CC1CCC(NC(=O)CSc2nc3sccc3c(=O)n2-c2ccccc2)CC1. The average molecular weight is 414 g/mol. The van der Waals surface area contributed by atoms with Crippen molar-refractivity contribution < 1.29 is 4.79 Å². The van der Waals surface area contributed by atoms with Crippen LogP contribution >= 0.6 is 23.1 Å². The van der Waals surface area contributed by atoms with Gasteiger partial charge < -0.3 is 5.32 Å². The van der Waals surface area contributed by atoms with E-state index in [2.05, 4.69) is 17.2 Å². The van der Waals surface area contributed by atoms with Crippen LogP contribution in [-0.4, -0.2) is 27.3 Å². The second kappa shape index (κ2) is 8.49. The molecule has 0 unspecified atom stereocenters. The summed E-state index contributed by atoms with van der Waals surface area (Å²) in [4.78, 5) is 30.9. The van der Waals surface area contributed by atoms with Gasteiger partial charge in [0.15, 0.2) is 5.16 Å². The molecule has 3 aromatic rings. The van der Waals surface area contributed by atoms with E-state index in [-0.39, 0.29) is 23.3 Å². The van der Waals surface area contributed by atoms with Crippen molar-refractivity contribution in [3.63, 3.8) is 0 Å². The predicted molar refractivity (Wildman–Crippen MR) is 116 cm³/mol. The number of nitrogens with one attached hydrogen (secondary N) is 1. The first-order valence-electron chi connectivity index (χ1n) is 9.59. The molecule has 0 aliphatic heterocycles. The highest BCUT2D eigenvalue weighted by atomic mass is 32.2. The molecular formula is C21H23N3O2S2. The molecule has 146 valence electrons. The number of fused-ring (bicyclic) bond motifs is 1. The summed E-state index contributed by atoms with van der Waals surface area (Å²) < 4.78 is 1.61. The number of aromatic nitrogens is 2. The predicted octanol–water partition coefficient (Wildman–Crippen LogP) is 4.23. The Morgan fingerprint density at radius 1 is 1.21 bits per heavy atom. The topological polar surface area (TPSA) is 64.0 Å². The molecule has 0 saturated heterocycles. The maximum Gasteiger partial charge on any atom is 0.267 e. The zero-order chi connectivity index (χ0) is 19.5. The first-order chi connectivity index (χ1) is 13.6. The number of rotatable bonds is 5. The second-order valence-electron chi connectivity index (χ2n) is 7.32. The van der Waals surface area contributed by atoms with Crippen LogP contribution in [0, 0.1) is 5.92 Å². The number of carbonyl (C=O) groups excluding carboxylic acids is 1. The lowest BCUT2D eigenvalue weighted by molar-refractivity contribution is -0.119. The van der Waals surface area contributed by atoms with Crippen LogP contribution in [0.15, 0.2) is 51.7 Å². The lowest BCUT2D eigenvalue weighted by Gasteiger charge is -2.26. The van der Waals surface area contributed by atoms with Gasteiger partial charge in [-0.15, -0.1) is 11.3 Å². The van der Waals surface area contributed by atoms with Gasteiger partial charge in [-0.25, -0.2) is 4.98 Å². The highest BCUT2D eigenvalue weighted by Crippen LogP contribution is 2.25. The maximum atomic E-state index is 13.0. The van der Waals surface area contributed by atoms with Crippen LogP contribution in [0.1, 0.15) is 32.6 Å². The molecule has 2 aromatic heterocycles. The first kappa shape index (κ1) is 19.2. The fourth-order valence-electron chi connectivity index (χ4n) is 3.60. The van der Waals surface area contributed by atoms with E-state index < -0.39 is 0 Å². The third kappa shape index (κ3) is 4.15. The lowest BCUT2D eigenvalue weighted by Crippen LogP contribution is -2.38. The van der Waals surface area contributed by atoms with Gasteiger partial charge in [0.2, 0.25) is 5.91 Å². The molecule has 28 heavy (non-hydrogen) atoms. The highest BCUT2D eigenvalue weighted by Gasteiger charge is 2.20. The molecule has 1 saturated carbocycles. The van der Waals surface area contributed by atoms with Gasteiger partial charge in [0.1, 0.15) is 4.83 Å². The molecule has 1 N–H and O–H groups in total. The van der Waals surface area contributed by atoms with E-state index >= 15 is 0 Å². The van der Waals surface area contributed by atoms with E-state index in [0.29, 0.717) is 15.4 Å². The number of thiophene rings is 1. The summed E-state index contributed by atoms with van der Waals surface area (Å²) in [6, 6.07) is 11.5. The third-order valence-electron chi connectivity index (χ3n) is 5.19. The van der Waals surface area contributed by atoms with E-state index in [0.717, 1.165) is 24.4 Å². The number of para-hydroxylation sites is 1. The van der Waals surface area contributed by atoms with Gasteiger partial charge in [-0.2, -0.15) is 0 Å². The van der Waals surface area contributed by atoms with Crippen LogP contribution in [0.4, 0.5) is 0 Å². The molecular weight excluding hydrogens is 390 g/mol. The molecule has 1 amide bonds. The number of benzene rings is 1. The molecule has 0 atom stereocenters. The Kier molecular flexibility index (Phi) is 5.82. The normalized spacial score (nSPS) is 19.6. The summed E-state index contributed by atoms with van der Waals surface area (Å²) in [5, 5.41) is 6.18. The number of hydrogen-bond acceptors (Lipinski definition) is 5. The second-order valence-corrected chi connectivity index (χ2v) is 9.16. The van der Waals surface area contributed by atoms with Gasteiger partial charge in [0.25, 0.3) is 5.56 Å². The molecule has 0 radical (unpaired) electrons. The molecule has 1 aliphatic rings. The van der Waals surface area contributed by atoms with E-state index in [9.17, 15) is 9.59 Å². The van der Waals surface area contributed by atoms with Crippen LogP contribution in [0.2, 0.25) is 0 Å². The number of amides is 1. The molecule has 0 bridgehead atoms. The van der Waals surface area contributed by atoms with E-state index in [1.54, 1.807) is 10.6 Å². The zero-order valence-electron chi connectivity index (χ0n) is 15.8. The number of nitrogens with zero attached hydrogens (tertiary/aromatic N) is 2. The van der Waals surface area contributed by atoms with Crippen LogP contribution in [0.3, 0.4) is 0 Å². The van der Waals surface area contributed by atoms with Gasteiger partial charge in [0, 0.05) is 6.04 Å². The van der Waals surface area contributed by atoms with Gasteiger partial charge in [-0.1, -0.05) is 36.9 Å². The molecule has 1 fully saturated rings. The summed E-state index contributed by atoms with van der Waals surface area (Å²) >= 11 is 2.76. The van der Waals surface area contributed by atoms with Crippen molar-refractivity contribution in [1.82, 2.24) is 14.9 Å². The van der Waals surface area contributed by atoms with Crippen molar-refractivity contribution in [3.05, 3.63) is 52.1 Å². The van der Waals surface area contributed by atoms with E-state index in [4.69, 9.17) is 0 Å². The Hall–Kier alpha value is -2.12. The fraction of sp³-hybridized carbons (Fsp3) is 0.381. The summed E-state index contributed by atoms with van der Waals surface area (Å²) in [5.41, 5.74) is 0.666. The first-order valence-corrected chi connectivity index (χ1v) is 11.5. The average Bonchev–Trinajstić information content (AvgIpc) is 3.18. The maximum absolute atomic E-state index is 13.0. The van der Waals surface area contributed by atoms with Gasteiger partial charge in [-0.05, 0) is 55.2 Å². The van der Waals surface area contributed by atoms with E-state index in [1.165, 1.54) is 35.9 Å². The van der Waals surface area contributed by atoms with Crippen LogP contribution in [-0.2, 0) is 4.79 Å². The minimum atomic E-state index is -0.0957. The number of thioether (sulfide) groups is 1. The highest BCUT2D eigenvalue weighted by molar-refractivity contribution is 7.99.